The van der Waals surface area contributed by atoms with Crippen molar-refractivity contribution in [2.24, 2.45) is 0 Å². The predicted octanol–water partition coefficient (Wildman–Crippen LogP) is 5.33. The average molecular weight is 429 g/mol. The van der Waals surface area contributed by atoms with Crippen LogP contribution in [0.15, 0.2) is 84.2 Å². The Balaban J connectivity index is 1.44. The van der Waals surface area contributed by atoms with Gasteiger partial charge < -0.3 is 10.1 Å². The fraction of sp³-hybridized carbons (Fsp3) is 0.0800. The van der Waals surface area contributed by atoms with E-state index in [9.17, 15) is 9.59 Å². The van der Waals surface area contributed by atoms with Crippen LogP contribution in [0, 0.1) is 0 Å². The van der Waals surface area contributed by atoms with Gasteiger partial charge in [0.2, 0.25) is 0 Å². The van der Waals surface area contributed by atoms with Crippen LogP contribution in [0.2, 0.25) is 0 Å². The quantitative estimate of drug-likeness (QED) is 0.333. The average Bonchev–Trinajstić information content (AvgIpc) is 3.28. The molecule has 1 aromatic heterocycles. The summed E-state index contributed by atoms with van der Waals surface area (Å²) in [5.74, 6) is -0.313. The van der Waals surface area contributed by atoms with Crippen molar-refractivity contribution in [1.29, 1.82) is 0 Å². The number of carbonyl (C=O) groups excluding carboxylic acids is 2. The Labute approximate surface area is 184 Å². The van der Waals surface area contributed by atoms with Crippen molar-refractivity contribution in [3.8, 4) is 27.6 Å². The summed E-state index contributed by atoms with van der Waals surface area (Å²) in [4.78, 5) is 28.4. The molecule has 0 saturated carbocycles. The van der Waals surface area contributed by atoms with Gasteiger partial charge in [-0.3, -0.25) is 9.59 Å². The first-order valence-electron chi connectivity index (χ1n) is 9.75. The lowest BCUT2D eigenvalue weighted by molar-refractivity contribution is -0.131. The molecule has 0 aliphatic rings. The predicted molar refractivity (Wildman–Crippen MR) is 122 cm³/mol. The maximum absolute atomic E-state index is 12.5. The van der Waals surface area contributed by atoms with Gasteiger partial charge in [0.15, 0.2) is 0 Å². The smallest absolute Gasteiger partial charge is 0.308 e. The van der Waals surface area contributed by atoms with Gasteiger partial charge in [-0.2, -0.15) is 0 Å². The van der Waals surface area contributed by atoms with Crippen LogP contribution in [-0.2, 0) is 11.3 Å². The number of thiazole rings is 1. The topological polar surface area (TPSA) is 68.3 Å². The van der Waals surface area contributed by atoms with Crippen LogP contribution in [0.4, 0.5) is 0 Å². The maximum atomic E-state index is 12.5. The molecule has 0 aliphatic carbocycles. The fourth-order valence-corrected chi connectivity index (χ4v) is 3.94. The largest absolute Gasteiger partial charge is 0.427 e. The zero-order valence-corrected chi connectivity index (χ0v) is 17.7. The van der Waals surface area contributed by atoms with Gasteiger partial charge in [-0.05, 0) is 29.8 Å². The van der Waals surface area contributed by atoms with Gasteiger partial charge in [-0.15, -0.1) is 11.3 Å². The van der Waals surface area contributed by atoms with Crippen LogP contribution in [0.5, 0.6) is 5.75 Å². The van der Waals surface area contributed by atoms with Crippen molar-refractivity contribution in [2.75, 3.05) is 0 Å². The minimum atomic E-state index is -0.424. The van der Waals surface area contributed by atoms with E-state index in [1.807, 2.05) is 54.6 Å². The van der Waals surface area contributed by atoms with Gasteiger partial charge in [0, 0.05) is 35.5 Å². The summed E-state index contributed by atoms with van der Waals surface area (Å²) in [5, 5.41) is 5.89. The maximum Gasteiger partial charge on any atom is 0.308 e. The van der Waals surface area contributed by atoms with Gasteiger partial charge in [0.05, 0.1) is 5.69 Å². The van der Waals surface area contributed by atoms with E-state index < -0.39 is 5.97 Å². The second-order valence-electron chi connectivity index (χ2n) is 6.91. The van der Waals surface area contributed by atoms with E-state index in [1.54, 1.807) is 35.6 Å². The number of esters is 1. The molecule has 0 fully saturated rings. The van der Waals surface area contributed by atoms with E-state index in [0.29, 0.717) is 17.9 Å². The molecule has 5 nitrogen and oxygen atoms in total. The summed E-state index contributed by atoms with van der Waals surface area (Å²) in [7, 11) is 0. The minimum absolute atomic E-state index is 0.236. The summed E-state index contributed by atoms with van der Waals surface area (Å²) >= 11 is 1.59. The number of amides is 1. The summed E-state index contributed by atoms with van der Waals surface area (Å²) in [6.45, 7) is 1.70. The molecule has 0 spiro atoms. The second kappa shape index (κ2) is 9.36. The molecule has 4 aromatic rings. The van der Waals surface area contributed by atoms with E-state index in [0.717, 1.165) is 27.4 Å². The highest BCUT2D eigenvalue weighted by Crippen LogP contribution is 2.29. The Bertz CT molecular complexity index is 1220. The first-order chi connectivity index (χ1) is 15.1. The van der Waals surface area contributed by atoms with E-state index in [2.05, 4.69) is 10.7 Å². The third-order valence-electron chi connectivity index (χ3n) is 4.56. The molecule has 1 heterocycles. The Morgan fingerprint density at radius 2 is 1.71 bits per heavy atom. The molecule has 1 amide bonds. The zero-order chi connectivity index (χ0) is 21.6. The first-order valence-corrected chi connectivity index (χ1v) is 10.6. The van der Waals surface area contributed by atoms with Crippen LogP contribution >= 0.6 is 11.3 Å². The SMILES string of the molecule is CC(=O)Oc1cccc(C(=O)NCc2cccc(-c3nc(-c4ccccc4)cs3)c2)c1. The number of hydrogen-bond acceptors (Lipinski definition) is 5. The number of rotatable bonds is 6. The second-order valence-corrected chi connectivity index (χ2v) is 7.77. The van der Waals surface area contributed by atoms with Crippen LogP contribution in [0.25, 0.3) is 21.8 Å². The lowest BCUT2D eigenvalue weighted by Gasteiger charge is -2.08. The Morgan fingerprint density at radius 1 is 0.935 bits per heavy atom. The molecular formula is C25H20N2O3S. The first kappa shape index (κ1) is 20.5. The van der Waals surface area contributed by atoms with Crippen LogP contribution < -0.4 is 10.1 Å². The number of aromatic nitrogens is 1. The molecule has 154 valence electrons. The normalized spacial score (nSPS) is 10.5. The summed E-state index contributed by atoms with van der Waals surface area (Å²) < 4.78 is 5.04. The summed E-state index contributed by atoms with van der Waals surface area (Å²) in [6.07, 6.45) is 0. The van der Waals surface area contributed by atoms with Crippen LogP contribution in [0.3, 0.4) is 0 Å². The number of carbonyl (C=O) groups is 2. The van der Waals surface area contributed by atoms with Gasteiger partial charge >= 0.3 is 5.97 Å². The molecule has 6 heteroatoms. The molecule has 0 aliphatic heterocycles. The zero-order valence-electron chi connectivity index (χ0n) is 16.9. The molecule has 0 radical (unpaired) electrons. The number of nitrogens with one attached hydrogen (secondary N) is 1. The molecule has 0 bridgehead atoms. The Morgan fingerprint density at radius 3 is 2.52 bits per heavy atom. The van der Waals surface area contributed by atoms with Crippen molar-refractivity contribution in [3.63, 3.8) is 0 Å². The number of nitrogens with zero attached hydrogens (tertiary/aromatic N) is 1. The molecule has 31 heavy (non-hydrogen) atoms. The lowest BCUT2D eigenvalue weighted by Crippen LogP contribution is -2.22. The Hall–Kier alpha value is -3.77. The van der Waals surface area contributed by atoms with E-state index in [1.165, 1.54) is 6.92 Å². The highest BCUT2D eigenvalue weighted by molar-refractivity contribution is 7.13. The van der Waals surface area contributed by atoms with Crippen molar-refractivity contribution in [1.82, 2.24) is 10.3 Å². The minimum Gasteiger partial charge on any atom is -0.427 e. The van der Waals surface area contributed by atoms with Gasteiger partial charge in [-0.25, -0.2) is 4.98 Å². The summed E-state index contributed by atoms with van der Waals surface area (Å²) in [6, 6.07) is 24.6. The molecule has 0 saturated heterocycles. The standard InChI is InChI=1S/C25H20N2O3S/c1-17(28)30-22-12-6-10-20(14-22)24(29)26-15-18-7-5-11-21(13-18)25-27-23(16-31-25)19-8-3-2-4-9-19/h2-14,16H,15H2,1H3,(H,26,29). The van der Waals surface area contributed by atoms with Gasteiger partial charge in [-0.1, -0.05) is 54.6 Å². The highest BCUT2D eigenvalue weighted by Gasteiger charge is 2.10. The number of ether oxygens (including phenoxy) is 1. The molecule has 0 atom stereocenters. The van der Waals surface area contributed by atoms with Crippen molar-refractivity contribution >= 4 is 23.2 Å². The van der Waals surface area contributed by atoms with E-state index in [-0.39, 0.29) is 5.91 Å². The third kappa shape index (κ3) is 5.24. The molecule has 4 rings (SSSR count). The third-order valence-corrected chi connectivity index (χ3v) is 5.45. The number of hydrogen-bond donors (Lipinski definition) is 1. The molecule has 0 unspecified atom stereocenters. The Kier molecular flexibility index (Phi) is 6.19. The van der Waals surface area contributed by atoms with E-state index >= 15 is 0 Å². The lowest BCUT2D eigenvalue weighted by atomic mass is 10.1. The van der Waals surface area contributed by atoms with Crippen molar-refractivity contribution in [2.45, 2.75) is 13.5 Å². The fourth-order valence-electron chi connectivity index (χ4n) is 3.11. The molecular weight excluding hydrogens is 408 g/mol. The molecule has 1 N–H and O–H groups in total. The van der Waals surface area contributed by atoms with Crippen LogP contribution in [-0.4, -0.2) is 16.9 Å². The number of benzene rings is 3. The van der Waals surface area contributed by atoms with Gasteiger partial charge in [0.1, 0.15) is 10.8 Å². The van der Waals surface area contributed by atoms with E-state index in [4.69, 9.17) is 9.72 Å². The van der Waals surface area contributed by atoms with Crippen molar-refractivity contribution in [3.05, 3.63) is 95.4 Å². The van der Waals surface area contributed by atoms with Crippen molar-refractivity contribution < 1.29 is 14.3 Å². The van der Waals surface area contributed by atoms with Crippen LogP contribution in [0.1, 0.15) is 22.8 Å². The molecule has 3 aromatic carbocycles. The summed E-state index contributed by atoms with van der Waals surface area (Å²) in [5.41, 5.74) is 4.45. The monoisotopic (exact) mass is 428 g/mol. The van der Waals surface area contributed by atoms with Gasteiger partial charge in [0.25, 0.3) is 5.91 Å². The highest BCUT2D eigenvalue weighted by atomic mass is 32.1.